The average molecular weight is 228 g/mol. The van der Waals surface area contributed by atoms with Gasteiger partial charge in [-0.3, -0.25) is 0 Å². The lowest BCUT2D eigenvalue weighted by molar-refractivity contribution is 0.0278. The van der Waals surface area contributed by atoms with Crippen LogP contribution in [0.1, 0.15) is 40.0 Å². The molecule has 0 aromatic rings. The van der Waals surface area contributed by atoms with Crippen molar-refractivity contribution >= 4 is 6.09 Å². The van der Waals surface area contributed by atoms with E-state index in [2.05, 4.69) is 5.32 Å². The van der Waals surface area contributed by atoms with Crippen molar-refractivity contribution in [3.63, 3.8) is 0 Å². The number of rotatable bonds is 2. The highest BCUT2D eigenvalue weighted by Crippen LogP contribution is 2.11. The van der Waals surface area contributed by atoms with Gasteiger partial charge >= 0.3 is 6.09 Å². The van der Waals surface area contributed by atoms with Crippen molar-refractivity contribution in [3.05, 3.63) is 0 Å². The van der Waals surface area contributed by atoms with Crippen molar-refractivity contribution in [2.75, 3.05) is 20.1 Å². The van der Waals surface area contributed by atoms with E-state index in [0.29, 0.717) is 6.04 Å². The lowest BCUT2D eigenvalue weighted by atomic mass is 10.1. The summed E-state index contributed by atoms with van der Waals surface area (Å²) in [5.41, 5.74) is -0.411. The standard InChI is InChI=1S/C12H24N2O2/c1-12(2,3)16-11(15)14(4)9-10-7-5-6-8-13-10/h10,13H,5-9H2,1-4H3/t10-/m1/s1. The van der Waals surface area contributed by atoms with Gasteiger partial charge in [0.15, 0.2) is 0 Å². The summed E-state index contributed by atoms with van der Waals surface area (Å²) in [5, 5.41) is 3.42. The minimum absolute atomic E-state index is 0.236. The Bertz CT molecular complexity index is 230. The number of likely N-dealkylation sites (N-methyl/N-ethyl adjacent to an activating group) is 1. The summed E-state index contributed by atoms with van der Waals surface area (Å²) in [7, 11) is 1.80. The maximum Gasteiger partial charge on any atom is 0.410 e. The third-order valence-electron chi connectivity index (χ3n) is 2.61. The van der Waals surface area contributed by atoms with Crippen LogP contribution in [0.5, 0.6) is 0 Å². The van der Waals surface area contributed by atoms with Crippen LogP contribution in [0, 0.1) is 0 Å². The molecule has 0 aromatic heterocycles. The van der Waals surface area contributed by atoms with E-state index in [1.807, 2.05) is 20.8 Å². The first-order valence-corrected chi connectivity index (χ1v) is 6.06. The van der Waals surface area contributed by atoms with Crippen LogP contribution in [-0.4, -0.2) is 42.8 Å². The van der Waals surface area contributed by atoms with Gasteiger partial charge in [-0.1, -0.05) is 6.42 Å². The number of ether oxygens (including phenoxy) is 1. The summed E-state index contributed by atoms with van der Waals surface area (Å²) in [4.78, 5) is 13.4. The Labute approximate surface area is 98.3 Å². The highest BCUT2D eigenvalue weighted by molar-refractivity contribution is 5.67. The summed E-state index contributed by atoms with van der Waals surface area (Å²) in [6.45, 7) is 7.45. The quantitative estimate of drug-likeness (QED) is 0.786. The van der Waals surface area contributed by atoms with E-state index in [1.54, 1.807) is 11.9 Å². The third kappa shape index (κ3) is 4.84. The molecule has 1 aliphatic heterocycles. The van der Waals surface area contributed by atoms with Crippen molar-refractivity contribution in [2.45, 2.75) is 51.7 Å². The molecule has 0 saturated carbocycles. The summed E-state index contributed by atoms with van der Waals surface area (Å²) in [6.07, 6.45) is 3.40. The Morgan fingerprint density at radius 1 is 1.44 bits per heavy atom. The third-order valence-corrected chi connectivity index (χ3v) is 2.61. The molecule has 94 valence electrons. The van der Waals surface area contributed by atoms with Crippen molar-refractivity contribution in [1.29, 1.82) is 0 Å². The van der Waals surface area contributed by atoms with Crippen LogP contribution in [0.2, 0.25) is 0 Å². The maximum atomic E-state index is 11.7. The Morgan fingerprint density at radius 3 is 2.62 bits per heavy atom. The van der Waals surface area contributed by atoms with Crippen LogP contribution in [0.25, 0.3) is 0 Å². The van der Waals surface area contributed by atoms with Crippen LogP contribution in [0.15, 0.2) is 0 Å². The number of nitrogens with one attached hydrogen (secondary N) is 1. The van der Waals surface area contributed by atoms with E-state index in [-0.39, 0.29) is 6.09 Å². The van der Waals surface area contributed by atoms with Crippen LogP contribution in [0.4, 0.5) is 4.79 Å². The van der Waals surface area contributed by atoms with E-state index >= 15 is 0 Å². The fraction of sp³-hybridized carbons (Fsp3) is 0.917. The van der Waals surface area contributed by atoms with E-state index in [4.69, 9.17) is 4.74 Å². The molecule has 1 rings (SSSR count). The largest absolute Gasteiger partial charge is 0.444 e. The van der Waals surface area contributed by atoms with Gasteiger partial charge < -0.3 is 15.0 Å². The smallest absolute Gasteiger partial charge is 0.410 e. The van der Waals surface area contributed by atoms with Crippen molar-refractivity contribution in [3.8, 4) is 0 Å². The monoisotopic (exact) mass is 228 g/mol. The Hall–Kier alpha value is -0.770. The molecule has 1 saturated heterocycles. The highest BCUT2D eigenvalue weighted by Gasteiger charge is 2.22. The molecule has 0 aromatic carbocycles. The minimum atomic E-state index is -0.411. The Kier molecular flexibility index (Phi) is 4.59. The zero-order valence-electron chi connectivity index (χ0n) is 10.9. The molecule has 1 N–H and O–H groups in total. The first kappa shape index (κ1) is 13.3. The number of amides is 1. The lowest BCUT2D eigenvalue weighted by Gasteiger charge is -2.30. The van der Waals surface area contributed by atoms with Gasteiger partial charge in [0.1, 0.15) is 5.60 Å². The number of piperidine rings is 1. The molecule has 1 atom stereocenters. The van der Waals surface area contributed by atoms with Gasteiger partial charge in [-0.2, -0.15) is 0 Å². The summed E-state index contributed by atoms with van der Waals surface area (Å²) in [6, 6.07) is 0.422. The summed E-state index contributed by atoms with van der Waals surface area (Å²) < 4.78 is 5.30. The molecule has 1 heterocycles. The van der Waals surface area contributed by atoms with E-state index in [9.17, 15) is 4.79 Å². The van der Waals surface area contributed by atoms with E-state index < -0.39 is 5.60 Å². The number of carbonyl (C=O) groups excluding carboxylic acids is 1. The highest BCUT2D eigenvalue weighted by atomic mass is 16.6. The number of hydrogen-bond acceptors (Lipinski definition) is 3. The molecule has 0 spiro atoms. The van der Waals surface area contributed by atoms with Gasteiger partial charge in [0.2, 0.25) is 0 Å². The average Bonchev–Trinajstić information content (AvgIpc) is 2.16. The van der Waals surface area contributed by atoms with Gasteiger partial charge in [0.25, 0.3) is 0 Å². The first-order valence-electron chi connectivity index (χ1n) is 6.06. The van der Waals surface area contributed by atoms with Crippen molar-refractivity contribution < 1.29 is 9.53 Å². The van der Waals surface area contributed by atoms with Crippen LogP contribution >= 0.6 is 0 Å². The number of nitrogens with zero attached hydrogens (tertiary/aromatic N) is 1. The normalized spacial score (nSPS) is 21.6. The van der Waals surface area contributed by atoms with E-state index in [0.717, 1.165) is 19.5 Å². The molecule has 16 heavy (non-hydrogen) atoms. The SMILES string of the molecule is CN(C[C@H]1CCCCN1)C(=O)OC(C)(C)C. The van der Waals surface area contributed by atoms with Crippen LogP contribution in [0.3, 0.4) is 0 Å². The first-order chi connectivity index (χ1) is 7.38. The van der Waals surface area contributed by atoms with E-state index in [1.165, 1.54) is 12.8 Å². The van der Waals surface area contributed by atoms with Gasteiger partial charge in [-0.25, -0.2) is 4.79 Å². The maximum absolute atomic E-state index is 11.7. The molecule has 0 unspecified atom stereocenters. The topological polar surface area (TPSA) is 41.6 Å². The van der Waals surface area contributed by atoms with Gasteiger partial charge in [-0.15, -0.1) is 0 Å². The molecule has 0 aliphatic carbocycles. The van der Waals surface area contributed by atoms with Crippen LogP contribution in [-0.2, 0) is 4.74 Å². The Morgan fingerprint density at radius 2 is 2.12 bits per heavy atom. The molecule has 1 fully saturated rings. The molecule has 0 bridgehead atoms. The molecular formula is C12H24N2O2. The fourth-order valence-corrected chi connectivity index (χ4v) is 1.82. The Balaban J connectivity index is 2.33. The molecule has 1 amide bonds. The molecule has 4 nitrogen and oxygen atoms in total. The molecular weight excluding hydrogens is 204 g/mol. The minimum Gasteiger partial charge on any atom is -0.444 e. The number of carbonyl (C=O) groups is 1. The lowest BCUT2D eigenvalue weighted by Crippen LogP contribution is -2.45. The van der Waals surface area contributed by atoms with Gasteiger partial charge in [-0.05, 0) is 40.2 Å². The van der Waals surface area contributed by atoms with Crippen molar-refractivity contribution in [2.24, 2.45) is 0 Å². The summed E-state index contributed by atoms with van der Waals surface area (Å²) >= 11 is 0. The van der Waals surface area contributed by atoms with Crippen LogP contribution < -0.4 is 5.32 Å². The molecule has 0 radical (unpaired) electrons. The predicted molar refractivity (Wildman–Crippen MR) is 64.5 cm³/mol. The second-order valence-electron chi connectivity index (χ2n) is 5.51. The molecule has 4 heteroatoms. The zero-order chi connectivity index (χ0) is 12.2. The van der Waals surface area contributed by atoms with Gasteiger partial charge in [0, 0.05) is 19.6 Å². The second kappa shape index (κ2) is 5.53. The fourth-order valence-electron chi connectivity index (χ4n) is 1.82. The number of hydrogen-bond donors (Lipinski definition) is 1. The zero-order valence-corrected chi connectivity index (χ0v) is 10.9. The van der Waals surface area contributed by atoms with Gasteiger partial charge in [0.05, 0.1) is 0 Å². The predicted octanol–water partition coefficient (Wildman–Crippen LogP) is 2.00. The van der Waals surface area contributed by atoms with Crippen molar-refractivity contribution in [1.82, 2.24) is 10.2 Å². The summed E-state index contributed by atoms with van der Waals surface area (Å²) in [5.74, 6) is 0. The second-order valence-corrected chi connectivity index (χ2v) is 5.51. The molecule has 1 aliphatic rings.